The first-order valence-corrected chi connectivity index (χ1v) is 7.37. The molecule has 0 amide bonds. The number of allylic oxidation sites excluding steroid dienone is 2. The number of nitrogens with zero attached hydrogens (tertiary/aromatic N) is 1. The maximum atomic E-state index is 2.76. The van der Waals surface area contributed by atoms with Crippen LogP contribution in [0.1, 0.15) is 41.5 Å². The van der Waals surface area contributed by atoms with E-state index in [1.165, 1.54) is 6.54 Å². The molecule has 1 aliphatic carbocycles. The molecule has 0 radical (unpaired) electrons. The van der Waals surface area contributed by atoms with Crippen LogP contribution in [0.25, 0.3) is 0 Å². The van der Waals surface area contributed by atoms with E-state index in [0.717, 1.165) is 35.6 Å². The zero-order valence-electron chi connectivity index (χ0n) is 12.4. The van der Waals surface area contributed by atoms with Crippen molar-refractivity contribution in [2.75, 3.05) is 6.54 Å². The van der Waals surface area contributed by atoms with Crippen molar-refractivity contribution in [3.63, 3.8) is 0 Å². The van der Waals surface area contributed by atoms with Crippen LogP contribution in [-0.2, 0) is 0 Å². The van der Waals surface area contributed by atoms with Gasteiger partial charge in [-0.25, -0.2) is 0 Å². The van der Waals surface area contributed by atoms with Gasteiger partial charge in [-0.05, 0) is 43.4 Å². The van der Waals surface area contributed by atoms with Gasteiger partial charge in [0.1, 0.15) is 0 Å². The Hall–Kier alpha value is -0.300. The summed E-state index contributed by atoms with van der Waals surface area (Å²) in [6, 6.07) is 1.47. The second-order valence-electron chi connectivity index (χ2n) is 6.87. The van der Waals surface area contributed by atoms with Gasteiger partial charge < -0.3 is 0 Å². The highest BCUT2D eigenvalue weighted by Crippen LogP contribution is 2.46. The molecular weight excluding hydrogens is 206 g/mol. The van der Waals surface area contributed by atoms with E-state index in [1.807, 2.05) is 0 Å². The van der Waals surface area contributed by atoms with Crippen LogP contribution >= 0.6 is 0 Å². The molecular formula is C16H29N. The largest absolute Gasteiger partial charge is 0.297 e. The number of hydrogen-bond acceptors (Lipinski definition) is 1. The monoisotopic (exact) mass is 235 g/mol. The van der Waals surface area contributed by atoms with E-state index < -0.39 is 0 Å². The van der Waals surface area contributed by atoms with E-state index in [9.17, 15) is 0 Å². The molecule has 0 saturated carbocycles. The summed E-state index contributed by atoms with van der Waals surface area (Å²) in [4.78, 5) is 2.76. The van der Waals surface area contributed by atoms with Crippen LogP contribution < -0.4 is 0 Å². The van der Waals surface area contributed by atoms with Gasteiger partial charge in [0.2, 0.25) is 0 Å². The molecule has 1 fully saturated rings. The summed E-state index contributed by atoms with van der Waals surface area (Å²) in [6.07, 6.45) is 4.91. The maximum absolute atomic E-state index is 2.76. The average Bonchev–Trinajstić information content (AvgIpc) is 2.64. The average molecular weight is 235 g/mol. The van der Waals surface area contributed by atoms with Crippen LogP contribution in [0.15, 0.2) is 12.2 Å². The molecule has 1 heterocycles. The van der Waals surface area contributed by atoms with Crippen molar-refractivity contribution < 1.29 is 0 Å². The lowest BCUT2D eigenvalue weighted by Gasteiger charge is -2.38. The third kappa shape index (κ3) is 2.19. The molecule has 5 atom stereocenters. The maximum Gasteiger partial charge on any atom is 0.0158 e. The fraction of sp³-hybridized carbons (Fsp3) is 0.875. The number of fused-ring (bicyclic) bond motifs is 1. The van der Waals surface area contributed by atoms with Gasteiger partial charge in [-0.2, -0.15) is 0 Å². The lowest BCUT2D eigenvalue weighted by molar-refractivity contribution is 0.125. The van der Waals surface area contributed by atoms with E-state index >= 15 is 0 Å². The lowest BCUT2D eigenvalue weighted by atomic mass is 9.69. The van der Waals surface area contributed by atoms with E-state index in [1.54, 1.807) is 0 Å². The number of likely N-dealkylation sites (tertiary alicyclic amines) is 1. The molecule has 0 spiro atoms. The van der Waals surface area contributed by atoms with Crippen molar-refractivity contribution >= 4 is 0 Å². The summed E-state index contributed by atoms with van der Waals surface area (Å²) < 4.78 is 0. The molecule has 0 aromatic rings. The first-order chi connectivity index (χ1) is 7.93. The molecule has 1 saturated heterocycles. The zero-order valence-corrected chi connectivity index (χ0v) is 12.4. The van der Waals surface area contributed by atoms with Crippen LogP contribution in [0.4, 0.5) is 0 Å². The standard InChI is InChI=1S/C16H29N/c1-10(2)16-15-13(6)8-7-12(5)14(15)9-17(16)11(3)4/h7-8,10-16H,9H2,1-6H3. The first kappa shape index (κ1) is 13.1. The van der Waals surface area contributed by atoms with Gasteiger partial charge in [-0.3, -0.25) is 4.90 Å². The van der Waals surface area contributed by atoms with Gasteiger partial charge in [-0.15, -0.1) is 0 Å². The number of hydrogen-bond donors (Lipinski definition) is 0. The van der Waals surface area contributed by atoms with Gasteiger partial charge >= 0.3 is 0 Å². The molecule has 1 heteroatoms. The fourth-order valence-electron chi connectivity index (χ4n) is 4.18. The van der Waals surface area contributed by atoms with Crippen molar-refractivity contribution in [3.05, 3.63) is 12.2 Å². The molecule has 0 aromatic heterocycles. The summed E-state index contributed by atoms with van der Waals surface area (Å²) in [5.41, 5.74) is 0. The van der Waals surface area contributed by atoms with E-state index in [0.29, 0.717) is 6.04 Å². The lowest BCUT2D eigenvalue weighted by Crippen LogP contribution is -2.42. The van der Waals surface area contributed by atoms with Gasteiger partial charge in [0.25, 0.3) is 0 Å². The van der Waals surface area contributed by atoms with Crippen LogP contribution in [0.5, 0.6) is 0 Å². The molecule has 0 N–H and O–H groups in total. The highest BCUT2D eigenvalue weighted by molar-refractivity contribution is 5.10. The first-order valence-electron chi connectivity index (χ1n) is 7.37. The van der Waals surface area contributed by atoms with E-state index in [-0.39, 0.29) is 0 Å². The van der Waals surface area contributed by atoms with Crippen molar-refractivity contribution in [3.8, 4) is 0 Å². The highest BCUT2D eigenvalue weighted by Gasteiger charge is 2.48. The minimum Gasteiger partial charge on any atom is -0.297 e. The third-order valence-corrected chi connectivity index (χ3v) is 5.04. The molecule has 17 heavy (non-hydrogen) atoms. The summed E-state index contributed by atoms with van der Waals surface area (Å²) >= 11 is 0. The summed E-state index contributed by atoms with van der Waals surface area (Å²) in [5.74, 6) is 4.05. The Morgan fingerprint density at radius 1 is 1.00 bits per heavy atom. The second kappa shape index (κ2) is 4.76. The predicted octanol–water partition coefficient (Wildman–Crippen LogP) is 3.81. The molecule has 2 aliphatic rings. The normalized spacial score (nSPS) is 42.5. The Kier molecular flexibility index (Phi) is 3.68. The Bertz CT molecular complexity index is 292. The molecule has 0 bridgehead atoms. The Labute approximate surface area is 107 Å². The van der Waals surface area contributed by atoms with Crippen LogP contribution in [-0.4, -0.2) is 23.5 Å². The highest BCUT2D eigenvalue weighted by atomic mass is 15.2. The van der Waals surface area contributed by atoms with Crippen LogP contribution in [0.3, 0.4) is 0 Å². The van der Waals surface area contributed by atoms with Crippen molar-refractivity contribution in [2.45, 2.75) is 53.6 Å². The Balaban J connectivity index is 2.29. The predicted molar refractivity (Wildman–Crippen MR) is 74.9 cm³/mol. The third-order valence-electron chi connectivity index (χ3n) is 5.04. The minimum absolute atomic E-state index is 0.687. The Morgan fingerprint density at radius 3 is 2.12 bits per heavy atom. The second-order valence-corrected chi connectivity index (χ2v) is 6.87. The summed E-state index contributed by atoms with van der Waals surface area (Å²) in [5, 5.41) is 0. The Morgan fingerprint density at radius 2 is 1.59 bits per heavy atom. The molecule has 5 unspecified atom stereocenters. The summed E-state index contributed by atoms with van der Waals surface area (Å²) in [6.45, 7) is 15.6. The quantitative estimate of drug-likeness (QED) is 0.658. The molecule has 0 aromatic carbocycles. The molecule has 2 rings (SSSR count). The zero-order chi connectivity index (χ0) is 12.7. The van der Waals surface area contributed by atoms with E-state index in [2.05, 4.69) is 58.6 Å². The SMILES string of the molecule is CC(C)C1C2C(C)C=CC(C)C2CN1C(C)C. The van der Waals surface area contributed by atoms with Gasteiger partial charge in [-0.1, -0.05) is 39.8 Å². The van der Waals surface area contributed by atoms with Gasteiger partial charge in [0.15, 0.2) is 0 Å². The smallest absolute Gasteiger partial charge is 0.0158 e. The molecule has 98 valence electrons. The van der Waals surface area contributed by atoms with Gasteiger partial charge in [0.05, 0.1) is 0 Å². The van der Waals surface area contributed by atoms with Gasteiger partial charge in [0, 0.05) is 18.6 Å². The summed E-state index contributed by atoms with van der Waals surface area (Å²) in [7, 11) is 0. The molecule has 1 aliphatic heterocycles. The minimum atomic E-state index is 0.687. The van der Waals surface area contributed by atoms with Crippen LogP contribution in [0.2, 0.25) is 0 Å². The number of rotatable bonds is 2. The van der Waals surface area contributed by atoms with Crippen molar-refractivity contribution in [1.29, 1.82) is 0 Å². The van der Waals surface area contributed by atoms with Crippen molar-refractivity contribution in [1.82, 2.24) is 4.90 Å². The van der Waals surface area contributed by atoms with E-state index in [4.69, 9.17) is 0 Å². The van der Waals surface area contributed by atoms with Crippen molar-refractivity contribution in [2.24, 2.45) is 29.6 Å². The fourth-order valence-corrected chi connectivity index (χ4v) is 4.18. The topological polar surface area (TPSA) is 3.24 Å². The molecule has 1 nitrogen and oxygen atoms in total. The van der Waals surface area contributed by atoms with Crippen LogP contribution in [0, 0.1) is 29.6 Å².